The molecule has 29 heavy (non-hydrogen) atoms. The highest BCUT2D eigenvalue weighted by atomic mass is 35.5. The van der Waals surface area contributed by atoms with Crippen molar-refractivity contribution in [2.45, 2.75) is 13.1 Å². The maximum Gasteiger partial charge on any atom is 0.356 e. The number of aromatic nitrogens is 2. The highest BCUT2D eigenvalue weighted by Crippen LogP contribution is 2.31. The normalized spacial score (nSPS) is 12.9. The van der Waals surface area contributed by atoms with Crippen LogP contribution in [0.5, 0.6) is 0 Å². The summed E-state index contributed by atoms with van der Waals surface area (Å²) in [5, 5.41) is 10.1. The Morgan fingerprint density at radius 1 is 1.24 bits per heavy atom. The van der Waals surface area contributed by atoms with E-state index in [0.717, 1.165) is 0 Å². The van der Waals surface area contributed by atoms with E-state index in [1.165, 1.54) is 6.07 Å². The molecule has 0 unspecified atom stereocenters. The van der Waals surface area contributed by atoms with Gasteiger partial charge < -0.3 is 10.0 Å². The standard InChI is InChI=1S/C21H18ClFN4O2/c1-26(2)11-17-20(21(28)29)25-18-10-24-19(13-5-3-4-6-15(13)23)14-9-12(22)7-8-16(14)27(17)18/h3-9H,10-11H2,1-2H3,(H,28,29). The van der Waals surface area contributed by atoms with Gasteiger partial charge in [-0.15, -0.1) is 0 Å². The Morgan fingerprint density at radius 2 is 2.00 bits per heavy atom. The van der Waals surface area contributed by atoms with Gasteiger partial charge in [-0.3, -0.25) is 9.56 Å². The first kappa shape index (κ1) is 19.3. The van der Waals surface area contributed by atoms with Gasteiger partial charge in [0.1, 0.15) is 11.6 Å². The zero-order valence-electron chi connectivity index (χ0n) is 15.9. The Bertz CT molecular complexity index is 1150. The SMILES string of the molecule is CN(C)Cc1c(C(=O)O)nc2n1-c1ccc(Cl)cc1C(c1ccccc1F)=NC2. The number of imidazole rings is 1. The molecule has 1 aliphatic heterocycles. The third kappa shape index (κ3) is 3.43. The number of aliphatic imine (C=N–C) groups is 1. The number of hydrogen-bond acceptors (Lipinski definition) is 4. The van der Waals surface area contributed by atoms with Crippen molar-refractivity contribution >= 4 is 23.3 Å². The largest absolute Gasteiger partial charge is 0.476 e. The zero-order chi connectivity index (χ0) is 20.7. The van der Waals surface area contributed by atoms with Crippen molar-refractivity contribution in [3.63, 3.8) is 0 Å². The average Bonchev–Trinajstić information content (AvgIpc) is 2.93. The average molecular weight is 413 g/mol. The van der Waals surface area contributed by atoms with Crippen LogP contribution >= 0.6 is 11.6 Å². The highest BCUT2D eigenvalue weighted by Gasteiger charge is 2.28. The van der Waals surface area contributed by atoms with Gasteiger partial charge in [0.05, 0.1) is 23.6 Å². The summed E-state index contributed by atoms with van der Waals surface area (Å²) in [5.74, 6) is -1.01. The van der Waals surface area contributed by atoms with E-state index in [0.29, 0.717) is 45.6 Å². The van der Waals surface area contributed by atoms with Crippen LogP contribution in [0.15, 0.2) is 47.5 Å². The Labute approximate surface area is 171 Å². The minimum atomic E-state index is -1.10. The van der Waals surface area contributed by atoms with Crippen molar-refractivity contribution < 1.29 is 14.3 Å². The van der Waals surface area contributed by atoms with Gasteiger partial charge >= 0.3 is 5.97 Å². The number of carboxylic acid groups (broad SMARTS) is 1. The summed E-state index contributed by atoms with van der Waals surface area (Å²) in [6, 6.07) is 11.6. The second kappa shape index (κ2) is 7.42. The molecule has 0 spiro atoms. The van der Waals surface area contributed by atoms with Crippen LogP contribution in [0.3, 0.4) is 0 Å². The topological polar surface area (TPSA) is 70.7 Å². The number of carboxylic acids is 1. The van der Waals surface area contributed by atoms with E-state index in [4.69, 9.17) is 11.6 Å². The molecule has 0 radical (unpaired) electrons. The number of fused-ring (bicyclic) bond motifs is 3. The van der Waals surface area contributed by atoms with E-state index >= 15 is 0 Å². The molecule has 0 saturated carbocycles. The lowest BCUT2D eigenvalue weighted by Gasteiger charge is -2.17. The molecule has 0 amide bonds. The van der Waals surface area contributed by atoms with Gasteiger partial charge in [-0.1, -0.05) is 23.7 Å². The van der Waals surface area contributed by atoms with Crippen molar-refractivity contribution in [1.29, 1.82) is 0 Å². The van der Waals surface area contributed by atoms with Crippen LogP contribution in [0, 0.1) is 5.82 Å². The maximum absolute atomic E-state index is 14.6. The van der Waals surface area contributed by atoms with Crippen LogP contribution in [0.4, 0.5) is 4.39 Å². The highest BCUT2D eigenvalue weighted by molar-refractivity contribution is 6.31. The molecule has 3 aromatic rings. The molecule has 2 heterocycles. The molecule has 1 aliphatic rings. The lowest BCUT2D eigenvalue weighted by molar-refractivity contribution is 0.0688. The lowest BCUT2D eigenvalue weighted by atomic mass is 10.00. The third-order valence-electron chi connectivity index (χ3n) is 4.67. The molecule has 1 aromatic heterocycles. The van der Waals surface area contributed by atoms with E-state index in [2.05, 4.69) is 9.98 Å². The third-order valence-corrected chi connectivity index (χ3v) is 4.91. The zero-order valence-corrected chi connectivity index (χ0v) is 16.6. The van der Waals surface area contributed by atoms with Crippen LogP contribution < -0.4 is 0 Å². The summed E-state index contributed by atoms with van der Waals surface area (Å²) in [7, 11) is 3.71. The molecular weight excluding hydrogens is 395 g/mol. The minimum absolute atomic E-state index is 0.0147. The van der Waals surface area contributed by atoms with E-state index in [1.54, 1.807) is 41.0 Å². The number of hydrogen-bond donors (Lipinski definition) is 1. The number of rotatable bonds is 4. The minimum Gasteiger partial charge on any atom is -0.476 e. The van der Waals surface area contributed by atoms with Crippen molar-refractivity contribution in [1.82, 2.24) is 14.5 Å². The van der Waals surface area contributed by atoms with Gasteiger partial charge in [0.2, 0.25) is 0 Å². The first-order chi connectivity index (χ1) is 13.9. The van der Waals surface area contributed by atoms with Crippen molar-refractivity contribution in [3.05, 3.63) is 81.6 Å². The first-order valence-corrected chi connectivity index (χ1v) is 9.32. The fourth-order valence-corrected chi connectivity index (χ4v) is 3.70. The Morgan fingerprint density at radius 3 is 2.69 bits per heavy atom. The number of aromatic carboxylic acids is 1. The first-order valence-electron chi connectivity index (χ1n) is 8.95. The molecule has 148 valence electrons. The van der Waals surface area contributed by atoms with Gasteiger partial charge in [0.25, 0.3) is 0 Å². The van der Waals surface area contributed by atoms with Gasteiger partial charge in [-0.25, -0.2) is 14.2 Å². The molecule has 0 atom stereocenters. The van der Waals surface area contributed by atoms with E-state index in [-0.39, 0.29) is 12.2 Å². The second-order valence-corrected chi connectivity index (χ2v) is 7.44. The molecule has 0 fully saturated rings. The Kier molecular flexibility index (Phi) is 4.94. The van der Waals surface area contributed by atoms with Gasteiger partial charge in [0.15, 0.2) is 5.69 Å². The summed E-state index contributed by atoms with van der Waals surface area (Å²) in [4.78, 5) is 22.6. The summed E-state index contributed by atoms with van der Waals surface area (Å²) >= 11 is 6.25. The molecule has 2 aromatic carbocycles. The predicted molar refractivity (Wildman–Crippen MR) is 109 cm³/mol. The fraction of sp³-hybridized carbons (Fsp3) is 0.190. The summed E-state index contributed by atoms with van der Waals surface area (Å²) in [6.45, 7) is 0.482. The van der Waals surface area contributed by atoms with E-state index in [9.17, 15) is 14.3 Å². The van der Waals surface area contributed by atoms with Crippen LogP contribution in [-0.4, -0.2) is 45.3 Å². The monoisotopic (exact) mass is 412 g/mol. The van der Waals surface area contributed by atoms with E-state index < -0.39 is 11.8 Å². The smallest absolute Gasteiger partial charge is 0.356 e. The van der Waals surface area contributed by atoms with E-state index in [1.807, 2.05) is 19.0 Å². The van der Waals surface area contributed by atoms with Gasteiger partial charge in [-0.05, 0) is 44.4 Å². The molecule has 0 bridgehead atoms. The maximum atomic E-state index is 14.6. The summed E-state index contributed by atoms with van der Waals surface area (Å²) in [6.07, 6.45) is 0. The molecular formula is C21H18ClFN4O2. The summed E-state index contributed by atoms with van der Waals surface area (Å²) < 4.78 is 16.4. The van der Waals surface area contributed by atoms with Crippen molar-refractivity contribution in [2.75, 3.05) is 14.1 Å². The number of benzene rings is 2. The number of nitrogens with zero attached hydrogens (tertiary/aromatic N) is 4. The number of carbonyl (C=O) groups is 1. The lowest BCUT2D eigenvalue weighted by Crippen LogP contribution is -2.18. The van der Waals surface area contributed by atoms with Crippen LogP contribution in [0.2, 0.25) is 5.02 Å². The Balaban J connectivity index is 2.01. The molecule has 4 rings (SSSR count). The van der Waals surface area contributed by atoms with Gasteiger partial charge in [-0.2, -0.15) is 0 Å². The predicted octanol–water partition coefficient (Wildman–Crippen LogP) is 3.78. The van der Waals surface area contributed by atoms with Gasteiger partial charge in [0, 0.05) is 22.7 Å². The molecule has 6 nitrogen and oxygen atoms in total. The van der Waals surface area contributed by atoms with Crippen molar-refractivity contribution in [2.24, 2.45) is 4.99 Å². The molecule has 0 saturated heterocycles. The van der Waals surface area contributed by atoms with Crippen molar-refractivity contribution in [3.8, 4) is 5.69 Å². The molecule has 0 aliphatic carbocycles. The second-order valence-electron chi connectivity index (χ2n) is 7.01. The molecule has 1 N–H and O–H groups in total. The number of halogens is 2. The quantitative estimate of drug-likeness (QED) is 0.708. The fourth-order valence-electron chi connectivity index (χ4n) is 3.52. The molecule has 8 heteroatoms. The Hall–Kier alpha value is -3.03. The summed E-state index contributed by atoms with van der Waals surface area (Å²) in [5.41, 5.74) is 2.62. The van der Waals surface area contributed by atoms with Crippen LogP contribution in [0.25, 0.3) is 5.69 Å². The van der Waals surface area contributed by atoms with Crippen LogP contribution in [-0.2, 0) is 13.1 Å². The van der Waals surface area contributed by atoms with Crippen LogP contribution in [0.1, 0.15) is 33.1 Å².